The first kappa shape index (κ1) is 9.35. The van der Waals surface area contributed by atoms with E-state index in [1.807, 2.05) is 31.2 Å². The minimum atomic E-state index is 0.658. The van der Waals surface area contributed by atoms with Crippen molar-refractivity contribution in [1.82, 2.24) is 0 Å². The van der Waals surface area contributed by atoms with Crippen molar-refractivity contribution in [3.63, 3.8) is 0 Å². The van der Waals surface area contributed by atoms with E-state index in [0.29, 0.717) is 11.6 Å². The SMILES string of the molecule is CCOc1cccc2c(Cl)c[c]cc12. The third-order valence-electron chi connectivity index (χ3n) is 2.06. The van der Waals surface area contributed by atoms with E-state index in [1.54, 1.807) is 6.07 Å². The molecule has 0 heterocycles. The van der Waals surface area contributed by atoms with E-state index < -0.39 is 0 Å². The largest absolute Gasteiger partial charge is 0.493 e. The third-order valence-corrected chi connectivity index (χ3v) is 2.37. The summed E-state index contributed by atoms with van der Waals surface area (Å²) in [5, 5.41) is 2.74. The van der Waals surface area contributed by atoms with Crippen LogP contribution in [-0.2, 0) is 0 Å². The molecule has 2 aromatic carbocycles. The molecule has 0 aliphatic rings. The van der Waals surface area contributed by atoms with E-state index in [2.05, 4.69) is 6.07 Å². The summed E-state index contributed by atoms with van der Waals surface area (Å²) in [6.07, 6.45) is 0. The lowest BCUT2D eigenvalue weighted by atomic mass is 10.1. The molecule has 0 aliphatic heterocycles. The topological polar surface area (TPSA) is 9.23 Å². The lowest BCUT2D eigenvalue weighted by Crippen LogP contribution is -1.91. The predicted octanol–water partition coefficient (Wildman–Crippen LogP) is 3.69. The first-order chi connectivity index (χ1) is 6.83. The van der Waals surface area contributed by atoms with Crippen LogP contribution in [0.2, 0.25) is 5.02 Å². The number of hydrogen-bond donors (Lipinski definition) is 0. The molecule has 0 aliphatic carbocycles. The first-order valence-electron chi connectivity index (χ1n) is 4.54. The highest BCUT2D eigenvalue weighted by molar-refractivity contribution is 6.35. The molecule has 0 fully saturated rings. The molecule has 1 nitrogen and oxygen atoms in total. The molecule has 0 spiro atoms. The summed E-state index contributed by atoms with van der Waals surface area (Å²) in [5.74, 6) is 0.865. The molecular weight excluding hydrogens is 196 g/mol. The average molecular weight is 206 g/mol. The Morgan fingerprint density at radius 3 is 2.93 bits per heavy atom. The van der Waals surface area contributed by atoms with Gasteiger partial charge in [0.2, 0.25) is 0 Å². The Morgan fingerprint density at radius 1 is 1.29 bits per heavy atom. The molecule has 71 valence electrons. The van der Waals surface area contributed by atoms with Gasteiger partial charge >= 0.3 is 0 Å². The van der Waals surface area contributed by atoms with Gasteiger partial charge in [0, 0.05) is 15.8 Å². The predicted molar refractivity (Wildman–Crippen MR) is 59.0 cm³/mol. The zero-order valence-electron chi connectivity index (χ0n) is 7.88. The Hall–Kier alpha value is -1.21. The minimum absolute atomic E-state index is 0.658. The van der Waals surface area contributed by atoms with Crippen LogP contribution in [0.25, 0.3) is 10.8 Å². The van der Waals surface area contributed by atoms with Gasteiger partial charge in [-0.2, -0.15) is 0 Å². The molecule has 0 saturated heterocycles. The van der Waals surface area contributed by atoms with E-state index in [9.17, 15) is 0 Å². The summed E-state index contributed by atoms with van der Waals surface area (Å²) in [4.78, 5) is 0. The summed E-state index contributed by atoms with van der Waals surface area (Å²) in [7, 11) is 0. The Kier molecular flexibility index (Phi) is 2.60. The fourth-order valence-electron chi connectivity index (χ4n) is 1.46. The van der Waals surface area contributed by atoms with Crippen LogP contribution in [0.1, 0.15) is 6.92 Å². The highest BCUT2D eigenvalue weighted by Gasteiger charge is 2.03. The monoisotopic (exact) mass is 205 g/mol. The van der Waals surface area contributed by atoms with Gasteiger partial charge in [0.1, 0.15) is 5.75 Å². The summed E-state index contributed by atoms with van der Waals surface area (Å²) < 4.78 is 5.50. The average Bonchev–Trinajstić information content (AvgIpc) is 2.20. The smallest absolute Gasteiger partial charge is 0.127 e. The number of benzene rings is 2. The van der Waals surface area contributed by atoms with Crippen LogP contribution in [0, 0.1) is 6.07 Å². The van der Waals surface area contributed by atoms with Gasteiger partial charge < -0.3 is 4.74 Å². The fourth-order valence-corrected chi connectivity index (χ4v) is 1.69. The van der Waals surface area contributed by atoms with Crippen molar-refractivity contribution < 1.29 is 4.74 Å². The fraction of sp³-hybridized carbons (Fsp3) is 0.167. The second kappa shape index (κ2) is 3.89. The molecule has 0 N–H and O–H groups in total. The minimum Gasteiger partial charge on any atom is -0.493 e. The maximum absolute atomic E-state index is 6.04. The van der Waals surface area contributed by atoms with Crippen molar-refractivity contribution in [2.75, 3.05) is 6.61 Å². The number of fused-ring (bicyclic) bond motifs is 1. The van der Waals surface area contributed by atoms with E-state index >= 15 is 0 Å². The van der Waals surface area contributed by atoms with E-state index in [4.69, 9.17) is 16.3 Å². The highest BCUT2D eigenvalue weighted by Crippen LogP contribution is 2.29. The van der Waals surface area contributed by atoms with Gasteiger partial charge in [-0.3, -0.25) is 0 Å². The van der Waals surface area contributed by atoms with E-state index in [1.165, 1.54) is 0 Å². The second-order valence-corrected chi connectivity index (χ2v) is 3.36. The third kappa shape index (κ3) is 1.55. The Bertz CT molecular complexity index is 451. The van der Waals surface area contributed by atoms with Crippen LogP contribution < -0.4 is 4.74 Å². The van der Waals surface area contributed by atoms with Crippen LogP contribution >= 0.6 is 11.6 Å². The second-order valence-electron chi connectivity index (χ2n) is 2.95. The van der Waals surface area contributed by atoms with Crippen LogP contribution in [-0.4, -0.2) is 6.61 Å². The quantitative estimate of drug-likeness (QED) is 0.727. The normalized spacial score (nSPS) is 10.4. The molecule has 0 saturated carbocycles. The van der Waals surface area contributed by atoms with Gasteiger partial charge in [0.25, 0.3) is 0 Å². The zero-order valence-corrected chi connectivity index (χ0v) is 8.64. The van der Waals surface area contributed by atoms with Crippen LogP contribution in [0.3, 0.4) is 0 Å². The van der Waals surface area contributed by atoms with Crippen molar-refractivity contribution in [1.29, 1.82) is 0 Å². The molecule has 14 heavy (non-hydrogen) atoms. The van der Waals surface area contributed by atoms with Crippen molar-refractivity contribution in [2.45, 2.75) is 6.92 Å². The van der Waals surface area contributed by atoms with Gasteiger partial charge in [0.05, 0.1) is 6.61 Å². The van der Waals surface area contributed by atoms with Crippen LogP contribution in [0.5, 0.6) is 5.75 Å². The maximum atomic E-state index is 6.04. The van der Waals surface area contributed by atoms with Crippen LogP contribution in [0.15, 0.2) is 30.3 Å². The zero-order chi connectivity index (χ0) is 9.97. The van der Waals surface area contributed by atoms with Crippen molar-refractivity contribution in [3.8, 4) is 5.75 Å². The summed E-state index contributed by atoms with van der Waals surface area (Å²) >= 11 is 6.04. The molecule has 0 amide bonds. The molecule has 0 atom stereocenters. The van der Waals surface area contributed by atoms with Gasteiger partial charge in [-0.05, 0) is 31.2 Å². The summed E-state index contributed by atoms with van der Waals surface area (Å²) in [6, 6.07) is 12.5. The van der Waals surface area contributed by atoms with Crippen molar-refractivity contribution >= 4 is 22.4 Å². The van der Waals surface area contributed by atoms with Gasteiger partial charge in [0.15, 0.2) is 0 Å². The van der Waals surface area contributed by atoms with Gasteiger partial charge in [-0.25, -0.2) is 0 Å². The highest BCUT2D eigenvalue weighted by atomic mass is 35.5. The summed E-state index contributed by atoms with van der Waals surface area (Å²) in [6.45, 7) is 2.62. The molecule has 0 bridgehead atoms. The van der Waals surface area contributed by atoms with Crippen molar-refractivity contribution in [2.24, 2.45) is 0 Å². The number of rotatable bonds is 2. The van der Waals surface area contributed by atoms with E-state index in [0.717, 1.165) is 16.5 Å². The maximum Gasteiger partial charge on any atom is 0.127 e. The Labute approximate surface area is 88.3 Å². The first-order valence-corrected chi connectivity index (χ1v) is 4.92. The molecule has 2 rings (SSSR count). The molecule has 1 radical (unpaired) electrons. The Morgan fingerprint density at radius 2 is 2.14 bits per heavy atom. The molecule has 2 heteroatoms. The number of halogens is 1. The Balaban J connectivity index is 2.68. The number of ether oxygens (including phenoxy) is 1. The number of hydrogen-bond acceptors (Lipinski definition) is 1. The lowest BCUT2D eigenvalue weighted by molar-refractivity contribution is 0.344. The lowest BCUT2D eigenvalue weighted by Gasteiger charge is -2.07. The van der Waals surface area contributed by atoms with Crippen LogP contribution in [0.4, 0.5) is 0 Å². The molecule has 0 unspecified atom stereocenters. The van der Waals surface area contributed by atoms with Gasteiger partial charge in [-0.15, -0.1) is 0 Å². The molecule has 0 aromatic heterocycles. The summed E-state index contributed by atoms with van der Waals surface area (Å²) in [5.41, 5.74) is 0. The van der Waals surface area contributed by atoms with E-state index in [-0.39, 0.29) is 0 Å². The standard InChI is InChI=1S/C12H10ClO/c1-2-14-12-8-4-5-9-10(12)6-3-7-11(9)13/h4-8H,2H2,1H3. The molecule has 2 aromatic rings. The van der Waals surface area contributed by atoms with Crippen molar-refractivity contribution in [3.05, 3.63) is 41.4 Å². The van der Waals surface area contributed by atoms with Gasteiger partial charge in [-0.1, -0.05) is 23.7 Å². The molecular formula is C12H10ClO.